The SMILES string of the molecule is C[NH+](C)C[C@@H](NC(=O)/C=C/c1cc(Cl)c2c(c1)OCCO2)c1ccccc1. The maximum atomic E-state index is 12.5. The van der Waals surface area contributed by atoms with E-state index < -0.39 is 0 Å². The minimum atomic E-state index is -0.156. The van der Waals surface area contributed by atoms with Crippen molar-refractivity contribution >= 4 is 23.6 Å². The van der Waals surface area contributed by atoms with Crippen LogP contribution in [0.2, 0.25) is 5.02 Å². The molecule has 0 saturated carbocycles. The van der Waals surface area contributed by atoms with Gasteiger partial charge in [-0.05, 0) is 29.3 Å². The number of benzene rings is 2. The zero-order chi connectivity index (χ0) is 19.2. The lowest BCUT2D eigenvalue weighted by atomic mass is 10.1. The van der Waals surface area contributed by atoms with E-state index in [9.17, 15) is 4.79 Å². The molecule has 27 heavy (non-hydrogen) atoms. The Hall–Kier alpha value is -2.50. The molecule has 3 rings (SSSR count). The average Bonchev–Trinajstić information content (AvgIpc) is 2.66. The largest absolute Gasteiger partial charge is 0.486 e. The van der Waals surface area contributed by atoms with Gasteiger partial charge in [-0.15, -0.1) is 0 Å². The summed E-state index contributed by atoms with van der Waals surface area (Å²) in [5.74, 6) is 1.01. The molecule has 0 fully saturated rings. The molecule has 1 atom stereocenters. The van der Waals surface area contributed by atoms with Crippen molar-refractivity contribution in [1.29, 1.82) is 0 Å². The molecule has 142 valence electrons. The van der Waals surface area contributed by atoms with Crippen LogP contribution in [0.15, 0.2) is 48.5 Å². The molecular formula is C21H24ClN2O3+. The highest BCUT2D eigenvalue weighted by molar-refractivity contribution is 6.32. The highest BCUT2D eigenvalue weighted by atomic mass is 35.5. The molecule has 0 bridgehead atoms. The normalized spacial score (nSPS) is 14.4. The summed E-state index contributed by atoms with van der Waals surface area (Å²) in [7, 11) is 4.13. The molecule has 2 aromatic rings. The van der Waals surface area contributed by atoms with E-state index in [1.54, 1.807) is 12.1 Å². The topological polar surface area (TPSA) is 52.0 Å². The number of hydrogen-bond donors (Lipinski definition) is 2. The summed E-state index contributed by atoms with van der Waals surface area (Å²) in [4.78, 5) is 13.7. The number of nitrogens with one attached hydrogen (secondary N) is 2. The molecule has 1 heterocycles. The van der Waals surface area contributed by atoms with Crippen LogP contribution in [0.25, 0.3) is 6.08 Å². The van der Waals surface area contributed by atoms with E-state index in [1.165, 1.54) is 11.0 Å². The molecule has 6 heteroatoms. The van der Waals surface area contributed by atoms with Crippen LogP contribution in [0.3, 0.4) is 0 Å². The molecule has 0 spiro atoms. The predicted octanol–water partition coefficient (Wildman–Crippen LogP) is 2.13. The number of rotatable bonds is 6. The van der Waals surface area contributed by atoms with Crippen molar-refractivity contribution in [2.45, 2.75) is 6.04 Å². The lowest BCUT2D eigenvalue weighted by Gasteiger charge is -2.20. The van der Waals surface area contributed by atoms with E-state index in [1.807, 2.05) is 36.4 Å². The smallest absolute Gasteiger partial charge is 0.244 e. The van der Waals surface area contributed by atoms with E-state index in [0.29, 0.717) is 29.7 Å². The number of ether oxygens (including phenoxy) is 2. The van der Waals surface area contributed by atoms with Gasteiger partial charge in [0.05, 0.1) is 19.1 Å². The van der Waals surface area contributed by atoms with Crippen molar-refractivity contribution in [3.8, 4) is 11.5 Å². The van der Waals surface area contributed by atoms with Crippen molar-refractivity contribution in [2.75, 3.05) is 33.9 Å². The van der Waals surface area contributed by atoms with Gasteiger partial charge in [-0.3, -0.25) is 4.79 Å². The van der Waals surface area contributed by atoms with Crippen molar-refractivity contribution in [3.63, 3.8) is 0 Å². The highest BCUT2D eigenvalue weighted by Gasteiger charge is 2.17. The van der Waals surface area contributed by atoms with Gasteiger partial charge in [0.15, 0.2) is 11.5 Å². The van der Waals surface area contributed by atoms with Crippen LogP contribution >= 0.6 is 11.6 Å². The molecule has 0 aromatic heterocycles. The number of quaternary nitrogens is 1. The van der Waals surface area contributed by atoms with Crippen LogP contribution in [-0.4, -0.2) is 39.8 Å². The maximum absolute atomic E-state index is 12.5. The summed E-state index contributed by atoms with van der Waals surface area (Å²) in [5, 5.41) is 3.55. The van der Waals surface area contributed by atoms with E-state index >= 15 is 0 Å². The van der Waals surface area contributed by atoms with Gasteiger partial charge in [-0.2, -0.15) is 0 Å². The van der Waals surface area contributed by atoms with Crippen molar-refractivity contribution in [3.05, 3.63) is 64.7 Å². The second kappa shape index (κ2) is 8.93. The van der Waals surface area contributed by atoms with E-state index in [0.717, 1.165) is 17.7 Å². The van der Waals surface area contributed by atoms with Crippen molar-refractivity contribution < 1.29 is 19.2 Å². The summed E-state index contributed by atoms with van der Waals surface area (Å²) < 4.78 is 11.1. The summed E-state index contributed by atoms with van der Waals surface area (Å²) in [5.41, 5.74) is 1.87. The Bertz CT molecular complexity index is 822. The number of halogens is 1. The van der Waals surface area contributed by atoms with Crippen LogP contribution in [0, 0.1) is 0 Å². The Morgan fingerprint density at radius 2 is 1.96 bits per heavy atom. The third kappa shape index (κ3) is 5.25. The van der Waals surface area contributed by atoms with Gasteiger partial charge < -0.3 is 19.7 Å². The predicted molar refractivity (Wildman–Crippen MR) is 106 cm³/mol. The zero-order valence-electron chi connectivity index (χ0n) is 15.5. The number of hydrogen-bond acceptors (Lipinski definition) is 3. The lowest BCUT2D eigenvalue weighted by Crippen LogP contribution is -3.06. The first-order valence-electron chi connectivity index (χ1n) is 8.94. The Morgan fingerprint density at radius 1 is 1.22 bits per heavy atom. The van der Waals surface area contributed by atoms with Crippen LogP contribution in [0.4, 0.5) is 0 Å². The van der Waals surface area contributed by atoms with Crippen molar-refractivity contribution in [1.82, 2.24) is 5.32 Å². The molecule has 5 nitrogen and oxygen atoms in total. The van der Waals surface area contributed by atoms with Gasteiger partial charge >= 0.3 is 0 Å². The van der Waals surface area contributed by atoms with Gasteiger partial charge in [0.1, 0.15) is 25.8 Å². The van der Waals surface area contributed by atoms with E-state index in [2.05, 4.69) is 19.4 Å². The molecule has 1 aliphatic rings. The van der Waals surface area contributed by atoms with Crippen molar-refractivity contribution in [2.24, 2.45) is 0 Å². The molecule has 0 unspecified atom stereocenters. The van der Waals surface area contributed by atoms with E-state index in [-0.39, 0.29) is 11.9 Å². The summed E-state index contributed by atoms with van der Waals surface area (Å²) in [6.07, 6.45) is 3.24. The minimum absolute atomic E-state index is 0.0581. The third-order valence-electron chi connectivity index (χ3n) is 4.18. The number of carbonyl (C=O) groups is 1. The lowest BCUT2D eigenvalue weighted by molar-refractivity contribution is -0.860. The Morgan fingerprint density at radius 3 is 2.70 bits per heavy atom. The maximum Gasteiger partial charge on any atom is 0.244 e. The monoisotopic (exact) mass is 387 g/mol. The average molecular weight is 388 g/mol. The highest BCUT2D eigenvalue weighted by Crippen LogP contribution is 2.38. The molecule has 2 N–H and O–H groups in total. The van der Waals surface area contributed by atoms with Gasteiger partial charge in [0.2, 0.25) is 5.91 Å². The summed E-state index contributed by atoms with van der Waals surface area (Å²) in [6.45, 7) is 1.76. The molecule has 0 radical (unpaired) electrons. The number of amides is 1. The second-order valence-corrected chi connectivity index (χ2v) is 7.15. The Balaban J connectivity index is 1.71. The third-order valence-corrected chi connectivity index (χ3v) is 4.46. The molecular weight excluding hydrogens is 364 g/mol. The Kier molecular flexibility index (Phi) is 6.37. The number of fused-ring (bicyclic) bond motifs is 1. The van der Waals surface area contributed by atoms with Gasteiger partial charge in [0.25, 0.3) is 0 Å². The summed E-state index contributed by atoms with van der Waals surface area (Å²) in [6, 6.07) is 13.5. The first kappa shape index (κ1) is 19.3. The minimum Gasteiger partial charge on any atom is -0.486 e. The fourth-order valence-electron chi connectivity index (χ4n) is 2.96. The Labute approximate surface area is 164 Å². The quantitative estimate of drug-likeness (QED) is 0.746. The second-order valence-electron chi connectivity index (χ2n) is 6.74. The molecule has 1 amide bonds. The molecule has 2 aromatic carbocycles. The fourth-order valence-corrected chi connectivity index (χ4v) is 3.24. The first-order valence-corrected chi connectivity index (χ1v) is 9.32. The van der Waals surface area contributed by atoms with Crippen LogP contribution in [0.5, 0.6) is 11.5 Å². The molecule has 1 aliphatic heterocycles. The van der Waals surface area contributed by atoms with E-state index in [4.69, 9.17) is 21.1 Å². The molecule has 0 saturated heterocycles. The number of likely N-dealkylation sites (N-methyl/N-ethyl adjacent to an activating group) is 1. The van der Waals surface area contributed by atoms with Crippen LogP contribution in [-0.2, 0) is 4.79 Å². The van der Waals surface area contributed by atoms with Crippen LogP contribution < -0.4 is 19.7 Å². The van der Waals surface area contributed by atoms with Gasteiger partial charge in [0, 0.05) is 6.08 Å². The number of carbonyl (C=O) groups excluding carboxylic acids is 1. The zero-order valence-corrected chi connectivity index (χ0v) is 16.3. The van der Waals surface area contributed by atoms with Crippen LogP contribution in [0.1, 0.15) is 17.2 Å². The fraction of sp³-hybridized carbons (Fsp3) is 0.286. The summed E-state index contributed by atoms with van der Waals surface area (Å²) >= 11 is 6.24. The van der Waals surface area contributed by atoms with Gasteiger partial charge in [-0.25, -0.2) is 0 Å². The standard InChI is InChI=1S/C21H23ClN2O3/c1-24(2)14-18(16-6-4-3-5-7-16)23-20(25)9-8-15-12-17(22)21-19(13-15)26-10-11-27-21/h3-9,12-13,18H,10-11,14H2,1-2H3,(H,23,25)/p+1/b9-8+/t18-/m1/s1. The first-order chi connectivity index (χ1) is 13.0. The van der Waals surface area contributed by atoms with Gasteiger partial charge in [-0.1, -0.05) is 41.9 Å². The molecule has 0 aliphatic carbocycles.